The smallest absolute Gasteiger partial charge is 0.150 e. The fourth-order valence-corrected chi connectivity index (χ4v) is 4.93. The van der Waals surface area contributed by atoms with Gasteiger partial charge in [0.25, 0.3) is 0 Å². The van der Waals surface area contributed by atoms with Crippen molar-refractivity contribution in [3.05, 3.63) is 0 Å². The predicted molar refractivity (Wildman–Crippen MR) is 82.5 cm³/mol. The first-order valence-electron chi connectivity index (χ1n) is 8.52. The molecule has 0 aromatic rings. The molecule has 23 heavy (non-hydrogen) atoms. The normalized spacial score (nSPS) is 46.0. The highest BCUT2D eigenvalue weighted by Crippen LogP contribution is 2.51. The van der Waals surface area contributed by atoms with Crippen LogP contribution in [0.2, 0.25) is 0 Å². The number of piperidine rings is 2. The molecule has 0 unspecified atom stereocenters. The van der Waals surface area contributed by atoms with Crippen LogP contribution in [-0.2, 0) is 4.79 Å². The van der Waals surface area contributed by atoms with Crippen molar-refractivity contribution in [2.75, 3.05) is 32.8 Å². The average Bonchev–Trinajstić information content (AvgIpc) is 2.56. The number of nitrogens with zero attached hydrogens (tertiary/aromatic N) is 2. The maximum atomic E-state index is 13.0. The van der Waals surface area contributed by atoms with Crippen molar-refractivity contribution in [2.45, 2.75) is 51.2 Å². The van der Waals surface area contributed by atoms with Crippen LogP contribution in [-0.4, -0.2) is 93.3 Å². The van der Waals surface area contributed by atoms with Crippen LogP contribution in [0.15, 0.2) is 0 Å². The lowest BCUT2D eigenvalue weighted by atomic mass is 9.58. The minimum atomic E-state index is -1.41. The van der Waals surface area contributed by atoms with Gasteiger partial charge in [0.1, 0.15) is 24.1 Å². The van der Waals surface area contributed by atoms with Gasteiger partial charge in [0.2, 0.25) is 0 Å². The van der Waals surface area contributed by atoms with E-state index in [0.29, 0.717) is 32.0 Å². The predicted octanol–water partition coefficient (Wildman–Crippen LogP) is -1.61. The van der Waals surface area contributed by atoms with Crippen molar-refractivity contribution in [1.82, 2.24) is 9.80 Å². The largest absolute Gasteiger partial charge is 0.394 e. The second-order valence-electron chi connectivity index (χ2n) is 7.55. The highest BCUT2D eigenvalue weighted by Gasteiger charge is 2.65. The minimum absolute atomic E-state index is 0.353. The number of aliphatic hydroxyl groups is 4. The highest BCUT2D eigenvalue weighted by atomic mass is 16.4. The molecular weight excluding hydrogens is 300 g/mol. The molecule has 4 fully saturated rings. The Morgan fingerprint density at radius 1 is 1.04 bits per heavy atom. The maximum absolute atomic E-state index is 13.0. The first-order chi connectivity index (χ1) is 10.8. The van der Waals surface area contributed by atoms with E-state index in [4.69, 9.17) is 5.11 Å². The van der Waals surface area contributed by atoms with Crippen molar-refractivity contribution in [1.29, 1.82) is 0 Å². The molecule has 3 atom stereocenters. The van der Waals surface area contributed by atoms with Crippen molar-refractivity contribution < 1.29 is 25.2 Å². The van der Waals surface area contributed by atoms with Gasteiger partial charge in [0.15, 0.2) is 0 Å². The van der Waals surface area contributed by atoms with Crippen LogP contribution in [0.3, 0.4) is 0 Å². The molecule has 0 aromatic heterocycles. The Balaban J connectivity index is 1.88. The number of Topliss-reactive ketones (excluding diaryl/α,β-unsaturated/α-hetero) is 1. The van der Waals surface area contributed by atoms with Gasteiger partial charge in [-0.1, -0.05) is 13.8 Å². The lowest BCUT2D eigenvalue weighted by molar-refractivity contribution is -0.231. The molecule has 132 valence electrons. The quantitative estimate of drug-likeness (QED) is 0.465. The highest BCUT2D eigenvalue weighted by molar-refractivity contribution is 5.93. The average molecular weight is 328 g/mol. The summed E-state index contributed by atoms with van der Waals surface area (Å²) in [5.74, 6) is 0.353. The Hall–Kier alpha value is -0.570. The summed E-state index contributed by atoms with van der Waals surface area (Å²) in [5.41, 5.74) is -0.771. The molecule has 0 radical (unpaired) electrons. The van der Waals surface area contributed by atoms with Gasteiger partial charge in [-0.15, -0.1) is 0 Å². The van der Waals surface area contributed by atoms with Crippen LogP contribution >= 0.6 is 0 Å². The second-order valence-corrected chi connectivity index (χ2v) is 7.55. The molecule has 4 saturated heterocycles. The third-order valence-electron chi connectivity index (χ3n) is 6.32. The second kappa shape index (κ2) is 5.75. The van der Waals surface area contributed by atoms with Crippen LogP contribution < -0.4 is 0 Å². The molecule has 0 amide bonds. The molecule has 4 aliphatic heterocycles. The number of hydrogen-bond donors (Lipinski definition) is 4. The number of aliphatic hydroxyl groups excluding tert-OH is 4. The zero-order chi connectivity index (χ0) is 17.0. The van der Waals surface area contributed by atoms with Crippen molar-refractivity contribution >= 4 is 5.78 Å². The van der Waals surface area contributed by atoms with Gasteiger partial charge < -0.3 is 20.4 Å². The molecule has 0 aromatic carbocycles. The van der Waals surface area contributed by atoms with Crippen LogP contribution in [0.1, 0.15) is 26.7 Å². The molecule has 7 nitrogen and oxygen atoms in total. The van der Waals surface area contributed by atoms with Gasteiger partial charge in [0, 0.05) is 26.2 Å². The Bertz CT molecular complexity index is 443. The topological polar surface area (TPSA) is 104 Å². The lowest BCUT2D eigenvalue weighted by Crippen LogP contribution is -2.81. The third kappa shape index (κ3) is 2.29. The fraction of sp³-hybridized carbons (Fsp3) is 0.938. The number of ketones is 1. The summed E-state index contributed by atoms with van der Waals surface area (Å²) in [7, 11) is 0. The molecule has 0 aliphatic carbocycles. The van der Waals surface area contributed by atoms with Gasteiger partial charge in [0.05, 0.1) is 23.6 Å². The lowest BCUT2D eigenvalue weighted by Gasteiger charge is -2.67. The standard InChI is InChI=1S/C16H28N2O5/c1-3-15-6-17-8-16(4-2,14(15)23)9-18(7-15)13(17)12(22)11(21)10(20)5-19/h10-13,19-22H,3-9H2,1-2H3/t10-,11+,12+,13?,15?,16?/m1/s1. The summed E-state index contributed by atoms with van der Waals surface area (Å²) in [4.78, 5) is 17.2. The number of rotatable bonds is 6. The summed E-state index contributed by atoms with van der Waals surface area (Å²) < 4.78 is 0. The molecule has 4 heterocycles. The van der Waals surface area contributed by atoms with Gasteiger partial charge in [-0.25, -0.2) is 0 Å². The number of hydrogen-bond acceptors (Lipinski definition) is 7. The summed E-state index contributed by atoms with van der Waals surface area (Å²) >= 11 is 0. The van der Waals surface area contributed by atoms with E-state index in [-0.39, 0.29) is 10.8 Å². The van der Waals surface area contributed by atoms with E-state index in [1.807, 2.05) is 13.8 Å². The Labute approximate surface area is 136 Å². The number of carbonyl (C=O) groups excluding carboxylic acids is 1. The molecule has 4 aliphatic rings. The molecule has 0 saturated carbocycles. The molecule has 0 spiro atoms. The SMILES string of the molecule is CCC12CN3CC(CC)(CN(C1)C3[C@@H](O)[C@@H](O)[C@H](O)CO)C2=O. The molecule has 7 heteroatoms. The minimum Gasteiger partial charge on any atom is -0.394 e. The third-order valence-corrected chi connectivity index (χ3v) is 6.32. The first kappa shape index (κ1) is 17.3. The van der Waals surface area contributed by atoms with Crippen LogP contribution in [0.5, 0.6) is 0 Å². The van der Waals surface area contributed by atoms with Crippen molar-refractivity contribution in [2.24, 2.45) is 10.8 Å². The van der Waals surface area contributed by atoms with E-state index < -0.39 is 31.1 Å². The van der Waals surface area contributed by atoms with Crippen LogP contribution in [0.25, 0.3) is 0 Å². The Morgan fingerprint density at radius 3 is 1.83 bits per heavy atom. The summed E-state index contributed by atoms with van der Waals surface area (Å²) in [5, 5.41) is 39.3. The van der Waals surface area contributed by atoms with Gasteiger partial charge in [-0.2, -0.15) is 0 Å². The zero-order valence-electron chi connectivity index (χ0n) is 13.9. The summed E-state index contributed by atoms with van der Waals surface area (Å²) in [6, 6.07) is 0. The van der Waals surface area contributed by atoms with E-state index in [1.165, 1.54) is 0 Å². The van der Waals surface area contributed by atoms with E-state index in [2.05, 4.69) is 9.80 Å². The van der Waals surface area contributed by atoms with Gasteiger partial charge in [-0.3, -0.25) is 14.6 Å². The van der Waals surface area contributed by atoms with Gasteiger partial charge >= 0.3 is 0 Å². The van der Waals surface area contributed by atoms with E-state index in [0.717, 1.165) is 12.8 Å². The first-order valence-corrected chi connectivity index (χ1v) is 8.52. The van der Waals surface area contributed by atoms with Crippen molar-refractivity contribution in [3.8, 4) is 0 Å². The summed E-state index contributed by atoms with van der Waals surface area (Å²) in [6.45, 7) is 5.82. The van der Waals surface area contributed by atoms with E-state index in [9.17, 15) is 20.1 Å². The maximum Gasteiger partial charge on any atom is 0.150 e. The molecule has 4 bridgehead atoms. The Morgan fingerprint density at radius 2 is 1.48 bits per heavy atom. The van der Waals surface area contributed by atoms with Gasteiger partial charge in [-0.05, 0) is 12.8 Å². The molecular formula is C16H28N2O5. The van der Waals surface area contributed by atoms with E-state index >= 15 is 0 Å². The summed E-state index contributed by atoms with van der Waals surface area (Å²) in [6.07, 6.45) is -2.84. The van der Waals surface area contributed by atoms with E-state index in [1.54, 1.807) is 0 Å². The fourth-order valence-electron chi connectivity index (χ4n) is 4.93. The van der Waals surface area contributed by atoms with Crippen LogP contribution in [0, 0.1) is 10.8 Å². The molecule has 4 N–H and O–H groups in total. The van der Waals surface area contributed by atoms with Crippen molar-refractivity contribution in [3.63, 3.8) is 0 Å². The zero-order valence-corrected chi connectivity index (χ0v) is 13.9. The van der Waals surface area contributed by atoms with Crippen LogP contribution in [0.4, 0.5) is 0 Å². The Kier molecular flexibility index (Phi) is 4.32. The number of carbonyl (C=O) groups is 1. The molecule has 4 rings (SSSR count). The monoisotopic (exact) mass is 328 g/mol.